The minimum Gasteiger partial charge on any atom is -0.494 e. The number of fused-ring (bicyclic) bond motifs is 1. The lowest BCUT2D eigenvalue weighted by Crippen LogP contribution is -2.38. The molecule has 0 amide bonds. The highest BCUT2D eigenvalue weighted by atomic mass is 16.5. The van der Waals surface area contributed by atoms with E-state index in [9.17, 15) is 0 Å². The van der Waals surface area contributed by atoms with E-state index in [0.717, 1.165) is 41.6 Å². The third-order valence-electron chi connectivity index (χ3n) is 4.03. The smallest absolute Gasteiger partial charge is 0.191 e. The number of hydrogen-bond donors (Lipinski definition) is 2. The molecule has 26 heavy (non-hydrogen) atoms. The van der Waals surface area contributed by atoms with Gasteiger partial charge in [-0.3, -0.25) is 4.99 Å². The van der Waals surface area contributed by atoms with Crippen molar-refractivity contribution in [2.45, 2.75) is 19.9 Å². The molecule has 0 unspecified atom stereocenters. The molecule has 2 heterocycles. The number of para-hydroxylation sites is 1. The maximum Gasteiger partial charge on any atom is 0.191 e. The Hall–Kier alpha value is -3.02. The highest BCUT2D eigenvalue weighted by Crippen LogP contribution is 2.17. The largest absolute Gasteiger partial charge is 0.494 e. The first-order valence-electron chi connectivity index (χ1n) is 8.88. The molecular formula is C20H25N5O. The second-order valence-electron chi connectivity index (χ2n) is 5.84. The fourth-order valence-electron chi connectivity index (χ4n) is 2.76. The van der Waals surface area contributed by atoms with E-state index in [1.54, 1.807) is 7.05 Å². The molecule has 3 rings (SSSR count). The Morgan fingerprint density at radius 3 is 2.81 bits per heavy atom. The lowest BCUT2D eigenvalue weighted by Gasteiger charge is -2.14. The molecule has 0 atom stereocenters. The van der Waals surface area contributed by atoms with Crippen molar-refractivity contribution in [3.63, 3.8) is 0 Å². The van der Waals surface area contributed by atoms with Gasteiger partial charge in [-0.05, 0) is 25.1 Å². The second-order valence-corrected chi connectivity index (χ2v) is 5.84. The highest BCUT2D eigenvalue weighted by Gasteiger charge is 2.05. The summed E-state index contributed by atoms with van der Waals surface area (Å²) in [7, 11) is 1.77. The van der Waals surface area contributed by atoms with Crippen LogP contribution in [0.1, 0.15) is 18.2 Å². The molecule has 0 fully saturated rings. The monoisotopic (exact) mass is 351 g/mol. The van der Waals surface area contributed by atoms with Crippen molar-refractivity contribution in [2.24, 2.45) is 4.99 Å². The van der Waals surface area contributed by atoms with Crippen molar-refractivity contribution in [1.29, 1.82) is 0 Å². The maximum absolute atomic E-state index is 5.66. The first-order chi connectivity index (χ1) is 12.8. The van der Waals surface area contributed by atoms with Gasteiger partial charge >= 0.3 is 0 Å². The summed E-state index contributed by atoms with van der Waals surface area (Å²) < 4.78 is 7.69. The van der Waals surface area contributed by atoms with E-state index in [1.807, 2.05) is 53.9 Å². The Morgan fingerprint density at radius 2 is 2.00 bits per heavy atom. The standard InChI is InChI=1S/C20H25N5O/c1-3-26-18-9-5-4-8-16(18)14-23-20(21-2)22-12-11-17-15-25-13-7-6-10-19(25)24-17/h4-10,13,15H,3,11-12,14H2,1-2H3,(H2,21,22,23). The van der Waals surface area contributed by atoms with Crippen LogP contribution in [0.5, 0.6) is 5.75 Å². The van der Waals surface area contributed by atoms with Gasteiger partial charge in [0.15, 0.2) is 5.96 Å². The van der Waals surface area contributed by atoms with Gasteiger partial charge in [-0.15, -0.1) is 0 Å². The molecule has 1 aromatic carbocycles. The lowest BCUT2D eigenvalue weighted by atomic mass is 10.2. The number of aromatic nitrogens is 2. The zero-order valence-corrected chi connectivity index (χ0v) is 15.3. The van der Waals surface area contributed by atoms with Crippen LogP contribution in [0, 0.1) is 0 Å². The Balaban J connectivity index is 1.50. The highest BCUT2D eigenvalue weighted by molar-refractivity contribution is 5.79. The number of ether oxygens (including phenoxy) is 1. The maximum atomic E-state index is 5.66. The molecule has 0 aliphatic carbocycles. The van der Waals surface area contributed by atoms with Gasteiger partial charge in [0.1, 0.15) is 11.4 Å². The van der Waals surface area contributed by atoms with E-state index in [1.165, 1.54) is 0 Å². The first-order valence-corrected chi connectivity index (χ1v) is 8.88. The van der Waals surface area contributed by atoms with Crippen molar-refractivity contribution in [3.05, 3.63) is 66.1 Å². The number of imidazole rings is 1. The summed E-state index contributed by atoms with van der Waals surface area (Å²) in [6, 6.07) is 14.0. The Morgan fingerprint density at radius 1 is 1.15 bits per heavy atom. The number of rotatable bonds is 7. The van der Waals surface area contributed by atoms with Gasteiger partial charge in [0.05, 0.1) is 12.3 Å². The molecule has 136 valence electrons. The third-order valence-corrected chi connectivity index (χ3v) is 4.03. The van der Waals surface area contributed by atoms with Crippen molar-refractivity contribution < 1.29 is 4.74 Å². The van der Waals surface area contributed by atoms with E-state index >= 15 is 0 Å². The summed E-state index contributed by atoms with van der Waals surface area (Å²) in [6.07, 6.45) is 4.90. The molecule has 0 bridgehead atoms. The normalized spacial score (nSPS) is 11.5. The van der Waals surface area contributed by atoms with Gasteiger partial charge < -0.3 is 19.8 Å². The van der Waals surface area contributed by atoms with Crippen LogP contribution in [-0.4, -0.2) is 35.5 Å². The van der Waals surface area contributed by atoms with Crippen molar-refractivity contribution in [2.75, 3.05) is 20.2 Å². The molecule has 0 saturated carbocycles. The van der Waals surface area contributed by atoms with E-state index in [-0.39, 0.29) is 0 Å². The number of hydrogen-bond acceptors (Lipinski definition) is 3. The van der Waals surface area contributed by atoms with Crippen LogP contribution < -0.4 is 15.4 Å². The van der Waals surface area contributed by atoms with Crippen molar-refractivity contribution >= 4 is 11.6 Å². The zero-order valence-electron chi connectivity index (χ0n) is 15.3. The average molecular weight is 351 g/mol. The minimum atomic E-state index is 0.656. The molecule has 2 N–H and O–H groups in total. The second kappa shape index (κ2) is 8.89. The Bertz CT molecular complexity index is 838. The summed E-state index contributed by atoms with van der Waals surface area (Å²) in [4.78, 5) is 8.89. The van der Waals surface area contributed by atoms with Crippen LogP contribution in [0.15, 0.2) is 59.9 Å². The van der Waals surface area contributed by atoms with E-state index in [2.05, 4.69) is 32.9 Å². The number of guanidine groups is 1. The fourth-order valence-corrected chi connectivity index (χ4v) is 2.76. The van der Waals surface area contributed by atoms with Crippen LogP contribution in [0.3, 0.4) is 0 Å². The van der Waals surface area contributed by atoms with Crippen molar-refractivity contribution in [1.82, 2.24) is 20.0 Å². The molecule has 0 aliphatic heterocycles. The molecule has 0 saturated heterocycles. The van der Waals surface area contributed by atoms with E-state index in [4.69, 9.17) is 4.74 Å². The van der Waals surface area contributed by atoms with Gasteiger partial charge in [0.25, 0.3) is 0 Å². The number of nitrogens with one attached hydrogen (secondary N) is 2. The number of benzene rings is 1. The Kier molecular flexibility index (Phi) is 6.09. The van der Waals surface area contributed by atoms with Crippen LogP contribution in [0.4, 0.5) is 0 Å². The lowest BCUT2D eigenvalue weighted by molar-refractivity contribution is 0.336. The summed E-state index contributed by atoms with van der Waals surface area (Å²) in [5, 5.41) is 6.66. The number of aliphatic imine (C=N–C) groups is 1. The van der Waals surface area contributed by atoms with Crippen molar-refractivity contribution in [3.8, 4) is 5.75 Å². The fraction of sp³-hybridized carbons (Fsp3) is 0.300. The van der Waals surface area contributed by atoms with Gasteiger partial charge in [-0.2, -0.15) is 0 Å². The van der Waals surface area contributed by atoms with Gasteiger partial charge in [-0.25, -0.2) is 4.98 Å². The third kappa shape index (κ3) is 4.53. The van der Waals surface area contributed by atoms with Crippen LogP contribution in [0.25, 0.3) is 5.65 Å². The quantitative estimate of drug-likeness (QED) is 0.507. The molecule has 0 aliphatic rings. The first kappa shape index (κ1) is 17.8. The predicted octanol–water partition coefficient (Wildman–Crippen LogP) is 2.64. The molecule has 3 aromatic rings. The molecule has 0 radical (unpaired) electrons. The Labute approximate surface area is 153 Å². The van der Waals surface area contributed by atoms with Crippen LogP contribution >= 0.6 is 0 Å². The molecular weight excluding hydrogens is 326 g/mol. The number of nitrogens with zero attached hydrogens (tertiary/aromatic N) is 3. The summed E-state index contributed by atoms with van der Waals surface area (Å²) >= 11 is 0. The van der Waals surface area contributed by atoms with E-state index < -0.39 is 0 Å². The van der Waals surface area contributed by atoms with Gasteiger partial charge in [-0.1, -0.05) is 24.3 Å². The van der Waals surface area contributed by atoms with Gasteiger partial charge in [0, 0.05) is 44.5 Å². The molecule has 6 heteroatoms. The van der Waals surface area contributed by atoms with E-state index in [0.29, 0.717) is 13.2 Å². The van der Waals surface area contributed by atoms with Gasteiger partial charge in [0.2, 0.25) is 0 Å². The number of pyridine rings is 1. The molecule has 0 spiro atoms. The van der Waals surface area contributed by atoms with Crippen LogP contribution in [0.2, 0.25) is 0 Å². The topological polar surface area (TPSA) is 63.0 Å². The summed E-state index contributed by atoms with van der Waals surface area (Å²) in [6.45, 7) is 4.06. The SMILES string of the molecule is CCOc1ccccc1CNC(=NC)NCCc1cn2ccccc2n1. The minimum absolute atomic E-state index is 0.656. The molecule has 6 nitrogen and oxygen atoms in total. The summed E-state index contributed by atoms with van der Waals surface area (Å²) in [5.41, 5.74) is 3.14. The van der Waals surface area contributed by atoms with Crippen LogP contribution in [-0.2, 0) is 13.0 Å². The predicted molar refractivity (Wildman–Crippen MR) is 105 cm³/mol. The zero-order chi connectivity index (χ0) is 18.2. The summed E-state index contributed by atoms with van der Waals surface area (Å²) in [5.74, 6) is 1.67. The molecule has 2 aromatic heterocycles. The average Bonchev–Trinajstić information content (AvgIpc) is 3.08.